The first kappa shape index (κ1) is 19.0. The summed E-state index contributed by atoms with van der Waals surface area (Å²) < 4.78 is 11.7. The Hall–Kier alpha value is -3.31. The summed E-state index contributed by atoms with van der Waals surface area (Å²) in [4.78, 5) is 17.3. The van der Waals surface area contributed by atoms with E-state index < -0.39 is 5.60 Å². The van der Waals surface area contributed by atoms with Crippen LogP contribution in [0.1, 0.15) is 13.8 Å². The standard InChI is InChI=1S/C23H19ClN2O3/c1-23(2,29-16-8-4-3-5-9-16)22(27)25-15-12-13-18(24)17(14-15)21-26-19-10-6-7-11-20(19)28-21/h3-14H,1-2H3,(H,25,27). The minimum atomic E-state index is -1.07. The number of aromatic nitrogens is 1. The molecule has 3 aromatic carbocycles. The molecule has 5 nitrogen and oxygen atoms in total. The van der Waals surface area contributed by atoms with Gasteiger partial charge in [-0.2, -0.15) is 0 Å². The van der Waals surface area contributed by atoms with Crippen molar-refractivity contribution in [2.45, 2.75) is 19.4 Å². The number of hydrogen-bond acceptors (Lipinski definition) is 4. The van der Waals surface area contributed by atoms with Gasteiger partial charge in [-0.1, -0.05) is 41.9 Å². The van der Waals surface area contributed by atoms with E-state index in [-0.39, 0.29) is 5.91 Å². The van der Waals surface area contributed by atoms with Crippen molar-refractivity contribution >= 4 is 34.3 Å². The lowest BCUT2D eigenvalue weighted by Crippen LogP contribution is -2.42. The second-order valence-electron chi connectivity index (χ2n) is 7.06. The first-order chi connectivity index (χ1) is 13.9. The molecule has 6 heteroatoms. The maximum atomic E-state index is 12.8. The summed E-state index contributed by atoms with van der Waals surface area (Å²) in [6, 6.07) is 21.9. The van der Waals surface area contributed by atoms with Crippen LogP contribution in [-0.4, -0.2) is 16.5 Å². The predicted molar refractivity (Wildman–Crippen MR) is 114 cm³/mol. The molecule has 0 bridgehead atoms. The van der Waals surface area contributed by atoms with Crippen LogP contribution >= 0.6 is 11.6 Å². The highest BCUT2D eigenvalue weighted by Gasteiger charge is 2.30. The highest BCUT2D eigenvalue weighted by molar-refractivity contribution is 6.33. The number of para-hydroxylation sites is 3. The number of halogens is 1. The van der Waals surface area contributed by atoms with E-state index >= 15 is 0 Å². The zero-order valence-electron chi connectivity index (χ0n) is 16.0. The summed E-state index contributed by atoms with van der Waals surface area (Å²) in [5.74, 6) is 0.732. The van der Waals surface area contributed by atoms with E-state index in [2.05, 4.69) is 10.3 Å². The number of nitrogens with one attached hydrogen (secondary N) is 1. The Morgan fingerprint density at radius 3 is 2.52 bits per heavy atom. The van der Waals surface area contributed by atoms with E-state index in [9.17, 15) is 4.79 Å². The minimum Gasteiger partial charge on any atom is -0.478 e. The molecule has 0 aliphatic rings. The molecule has 0 unspecified atom stereocenters. The summed E-state index contributed by atoms with van der Waals surface area (Å²) in [6.45, 7) is 3.43. The predicted octanol–water partition coefficient (Wildman–Crippen LogP) is 5.94. The Labute approximate surface area is 173 Å². The summed E-state index contributed by atoms with van der Waals surface area (Å²) in [5, 5.41) is 3.36. The summed E-state index contributed by atoms with van der Waals surface area (Å²) in [7, 11) is 0. The molecule has 0 spiro atoms. The topological polar surface area (TPSA) is 64.4 Å². The Balaban J connectivity index is 1.58. The van der Waals surface area contributed by atoms with Gasteiger partial charge in [0.05, 0.1) is 10.6 Å². The Kier molecular flexibility index (Phi) is 4.99. The van der Waals surface area contributed by atoms with E-state index in [0.717, 1.165) is 5.52 Å². The number of rotatable bonds is 5. The third kappa shape index (κ3) is 4.10. The maximum absolute atomic E-state index is 12.8. The van der Waals surface area contributed by atoms with Crippen LogP contribution in [-0.2, 0) is 4.79 Å². The van der Waals surface area contributed by atoms with Crippen LogP contribution in [0.4, 0.5) is 5.69 Å². The van der Waals surface area contributed by atoms with Crippen LogP contribution in [0.15, 0.2) is 77.2 Å². The van der Waals surface area contributed by atoms with Crippen LogP contribution in [0.2, 0.25) is 5.02 Å². The Morgan fingerprint density at radius 1 is 1.03 bits per heavy atom. The fourth-order valence-corrected chi connectivity index (χ4v) is 3.06. The SMILES string of the molecule is CC(C)(Oc1ccccc1)C(=O)Nc1ccc(Cl)c(-c2nc3ccccc3o2)c1. The highest BCUT2D eigenvalue weighted by atomic mass is 35.5. The number of carbonyl (C=O) groups excluding carboxylic acids is 1. The molecule has 0 atom stereocenters. The van der Waals surface area contributed by atoms with Crippen molar-refractivity contribution < 1.29 is 13.9 Å². The van der Waals surface area contributed by atoms with Gasteiger partial charge in [-0.3, -0.25) is 4.79 Å². The van der Waals surface area contributed by atoms with Crippen molar-refractivity contribution in [2.75, 3.05) is 5.32 Å². The lowest BCUT2D eigenvalue weighted by atomic mass is 10.1. The van der Waals surface area contributed by atoms with Crippen molar-refractivity contribution in [1.82, 2.24) is 4.98 Å². The number of amides is 1. The third-order valence-electron chi connectivity index (χ3n) is 4.41. The molecule has 1 aromatic heterocycles. The molecule has 4 aromatic rings. The monoisotopic (exact) mass is 406 g/mol. The van der Waals surface area contributed by atoms with Crippen molar-refractivity contribution in [3.05, 3.63) is 77.8 Å². The van der Waals surface area contributed by atoms with E-state index in [0.29, 0.717) is 33.5 Å². The average molecular weight is 407 g/mol. The molecule has 1 amide bonds. The quantitative estimate of drug-likeness (QED) is 0.445. The van der Waals surface area contributed by atoms with Crippen molar-refractivity contribution in [2.24, 2.45) is 0 Å². The first-order valence-electron chi connectivity index (χ1n) is 9.13. The average Bonchev–Trinajstić information content (AvgIpc) is 3.14. The van der Waals surface area contributed by atoms with E-state index in [1.807, 2.05) is 54.6 Å². The maximum Gasteiger partial charge on any atom is 0.267 e. The smallest absolute Gasteiger partial charge is 0.267 e. The molecule has 146 valence electrons. The second-order valence-corrected chi connectivity index (χ2v) is 7.47. The van der Waals surface area contributed by atoms with Gasteiger partial charge in [-0.15, -0.1) is 0 Å². The molecule has 0 fully saturated rings. The van der Waals surface area contributed by atoms with Crippen molar-refractivity contribution in [3.63, 3.8) is 0 Å². The Bertz CT molecular complexity index is 1140. The molecular weight excluding hydrogens is 388 g/mol. The van der Waals surface area contributed by atoms with Crippen LogP contribution in [0.5, 0.6) is 5.75 Å². The lowest BCUT2D eigenvalue weighted by molar-refractivity contribution is -0.128. The number of fused-ring (bicyclic) bond motifs is 1. The van der Waals surface area contributed by atoms with E-state index in [4.69, 9.17) is 20.8 Å². The van der Waals surface area contributed by atoms with Gasteiger partial charge in [0.2, 0.25) is 5.89 Å². The number of hydrogen-bond donors (Lipinski definition) is 1. The molecule has 29 heavy (non-hydrogen) atoms. The van der Waals surface area contributed by atoms with Crippen molar-refractivity contribution in [1.29, 1.82) is 0 Å². The molecule has 0 saturated heterocycles. The fourth-order valence-electron chi connectivity index (χ4n) is 2.87. The van der Waals surface area contributed by atoms with Crippen LogP contribution < -0.4 is 10.1 Å². The zero-order chi connectivity index (χ0) is 20.4. The first-order valence-corrected chi connectivity index (χ1v) is 9.51. The van der Waals surface area contributed by atoms with Crippen LogP contribution in [0, 0.1) is 0 Å². The molecule has 0 aliphatic carbocycles. The van der Waals surface area contributed by atoms with Crippen molar-refractivity contribution in [3.8, 4) is 17.2 Å². The number of benzene rings is 3. The number of carbonyl (C=O) groups is 1. The third-order valence-corrected chi connectivity index (χ3v) is 4.74. The Morgan fingerprint density at radius 2 is 1.76 bits per heavy atom. The van der Waals surface area contributed by atoms with Gasteiger partial charge in [-0.25, -0.2) is 4.98 Å². The number of ether oxygens (including phenoxy) is 1. The molecule has 1 heterocycles. The number of nitrogens with zero attached hydrogens (tertiary/aromatic N) is 1. The normalized spacial score (nSPS) is 11.4. The molecule has 4 rings (SSSR count). The molecular formula is C23H19ClN2O3. The molecule has 0 radical (unpaired) electrons. The largest absolute Gasteiger partial charge is 0.478 e. The second kappa shape index (κ2) is 7.60. The van der Waals surface area contributed by atoms with Crippen LogP contribution in [0.3, 0.4) is 0 Å². The summed E-state index contributed by atoms with van der Waals surface area (Å²) >= 11 is 6.35. The van der Waals surface area contributed by atoms with Gasteiger partial charge in [0.15, 0.2) is 11.2 Å². The molecule has 1 N–H and O–H groups in total. The van der Waals surface area contributed by atoms with Gasteiger partial charge in [-0.05, 0) is 56.3 Å². The summed E-state index contributed by atoms with van der Waals surface area (Å²) in [6.07, 6.45) is 0. The zero-order valence-corrected chi connectivity index (χ0v) is 16.7. The number of anilines is 1. The fraction of sp³-hybridized carbons (Fsp3) is 0.130. The van der Waals surface area contributed by atoms with Gasteiger partial charge in [0, 0.05) is 5.69 Å². The van der Waals surface area contributed by atoms with E-state index in [1.54, 1.807) is 32.0 Å². The van der Waals surface area contributed by atoms with Gasteiger partial charge < -0.3 is 14.5 Å². The summed E-state index contributed by atoms with van der Waals surface area (Å²) in [5.41, 5.74) is 1.51. The number of oxazole rings is 1. The van der Waals surface area contributed by atoms with Gasteiger partial charge in [0.1, 0.15) is 11.3 Å². The molecule has 0 saturated carbocycles. The lowest BCUT2D eigenvalue weighted by Gasteiger charge is -2.25. The van der Waals surface area contributed by atoms with Crippen LogP contribution in [0.25, 0.3) is 22.6 Å². The van der Waals surface area contributed by atoms with Gasteiger partial charge in [0.25, 0.3) is 5.91 Å². The minimum absolute atomic E-state index is 0.285. The van der Waals surface area contributed by atoms with E-state index in [1.165, 1.54) is 0 Å². The highest BCUT2D eigenvalue weighted by Crippen LogP contribution is 2.32. The molecule has 0 aliphatic heterocycles. The van der Waals surface area contributed by atoms with Gasteiger partial charge >= 0.3 is 0 Å².